The summed E-state index contributed by atoms with van der Waals surface area (Å²) in [6.07, 6.45) is -4.04. The van der Waals surface area contributed by atoms with Crippen LogP contribution >= 0.6 is 11.8 Å². The molecular weight excluding hydrogens is 1020 g/mol. The quantitative estimate of drug-likeness (QED) is 0.0217. The molecule has 6 amide bonds. The second-order valence-corrected chi connectivity index (χ2v) is 19.3. The predicted octanol–water partition coefficient (Wildman–Crippen LogP) is 3.69. The minimum atomic E-state index is -1.34. The largest absolute Gasteiger partial charge is 0.477 e. The van der Waals surface area contributed by atoms with Gasteiger partial charge in [-0.05, 0) is 72.9 Å². The number of amides is 6. The van der Waals surface area contributed by atoms with Crippen LogP contribution in [0.1, 0.15) is 49.8 Å². The van der Waals surface area contributed by atoms with E-state index in [1.807, 2.05) is 0 Å². The normalized spacial score (nSPS) is 20.4. The number of aliphatic hydroxyl groups is 1. The zero-order valence-corrected chi connectivity index (χ0v) is 41.3. The number of aliphatic carboxylic acids is 1. The summed E-state index contributed by atoms with van der Waals surface area (Å²) in [5, 5.41) is 60.9. The fraction of sp³-hybridized carbons (Fsp3) is 0.404. The lowest BCUT2D eigenvalue weighted by atomic mass is 9.79. The summed E-state index contributed by atoms with van der Waals surface area (Å²) >= 11 is 1.14. The number of alkyl carbamates (subject to hydrolysis) is 1. The van der Waals surface area contributed by atoms with Crippen LogP contribution in [0.15, 0.2) is 88.4 Å². The summed E-state index contributed by atoms with van der Waals surface area (Å²) in [5.74, 6) is -4.45. The van der Waals surface area contributed by atoms with Crippen molar-refractivity contribution in [3.05, 3.63) is 130 Å². The van der Waals surface area contributed by atoms with Crippen molar-refractivity contribution >= 4 is 76.8 Å². The summed E-state index contributed by atoms with van der Waals surface area (Å²) in [6, 6.07) is 13.6. The Kier molecular flexibility index (Phi) is 17.4. The number of aliphatic hydroxyl groups excluding tert-OH is 1. The van der Waals surface area contributed by atoms with Crippen molar-refractivity contribution in [1.29, 1.82) is 0 Å². The van der Waals surface area contributed by atoms with E-state index in [9.17, 15) is 74.1 Å². The number of hydrogen-bond donors (Lipinski definition) is 5. The topological polar surface area (TPSA) is 375 Å². The van der Waals surface area contributed by atoms with E-state index in [-0.39, 0.29) is 88.0 Å². The van der Waals surface area contributed by atoms with E-state index in [2.05, 4.69) is 20.9 Å². The van der Waals surface area contributed by atoms with E-state index in [0.29, 0.717) is 21.6 Å². The number of ether oxygens (including phenoxy) is 3. The van der Waals surface area contributed by atoms with Crippen LogP contribution in [0, 0.1) is 42.2 Å². The molecule has 4 aliphatic rings. The van der Waals surface area contributed by atoms with Crippen LogP contribution in [0.5, 0.6) is 0 Å². The van der Waals surface area contributed by atoms with Gasteiger partial charge in [0.1, 0.15) is 31.6 Å². The first-order valence-corrected chi connectivity index (χ1v) is 24.4. The highest BCUT2D eigenvalue weighted by molar-refractivity contribution is 8.03. The average Bonchev–Trinajstić information content (AvgIpc) is 3.99. The molecule has 4 heterocycles. The van der Waals surface area contributed by atoms with E-state index in [4.69, 9.17) is 14.2 Å². The van der Waals surface area contributed by atoms with Gasteiger partial charge in [-0.1, -0.05) is 6.92 Å². The number of fused-ring (bicyclic) bond motifs is 1. The number of nitro benzene ring substituents is 3. The zero-order valence-electron chi connectivity index (χ0n) is 40.5. The number of carboxylic acid groups (broad SMARTS) is 1. The summed E-state index contributed by atoms with van der Waals surface area (Å²) in [7, 11) is 0. The molecule has 28 nitrogen and oxygen atoms in total. The maximum atomic E-state index is 14.1. The Morgan fingerprint density at radius 3 is 1.84 bits per heavy atom. The van der Waals surface area contributed by atoms with Gasteiger partial charge in [0.2, 0.25) is 23.7 Å². The van der Waals surface area contributed by atoms with Gasteiger partial charge in [-0.3, -0.25) is 54.9 Å². The lowest BCUT2D eigenvalue weighted by Crippen LogP contribution is -2.63. The van der Waals surface area contributed by atoms with Crippen molar-refractivity contribution in [2.75, 3.05) is 26.2 Å². The number of thioether (sulfide) groups is 1. The number of aliphatic imine (C=N–C) groups is 1. The van der Waals surface area contributed by atoms with Gasteiger partial charge in [-0.15, -0.1) is 16.8 Å². The Hall–Kier alpha value is -8.73. The molecule has 0 bridgehead atoms. The maximum Gasteiger partial charge on any atom is 0.437 e. The highest BCUT2D eigenvalue weighted by Crippen LogP contribution is 2.52. The van der Waals surface area contributed by atoms with Crippen LogP contribution in [0.4, 0.5) is 31.4 Å². The SMILES string of the molecule is C[C@@H](O)[C@H]1C(=O)N2C(C(=O)O)=C(S[C@H]3C[C@@H](C(=O)N4CC(NC(=O)CCCNC(=NC(=O)OCc5ccc([N+](=O)[O-])cc5)NC(=O)OCc5ccc([N+](=O)[O-])cc5)C4)N(C(=O)OCc4ccc([N+](=O)[O-])cc4)C3)[C@H](C)[C@H]12. The first kappa shape index (κ1) is 55.0. The second kappa shape index (κ2) is 24.1. The average molecular weight is 1080 g/mol. The molecule has 3 saturated heterocycles. The molecule has 3 aromatic rings. The number of carbonyl (C=O) groups is 7. The monoisotopic (exact) mass is 1070 g/mol. The van der Waals surface area contributed by atoms with Gasteiger partial charge in [-0.2, -0.15) is 0 Å². The molecule has 0 aliphatic carbocycles. The van der Waals surface area contributed by atoms with Gasteiger partial charge in [0.25, 0.3) is 17.1 Å². The minimum Gasteiger partial charge on any atom is -0.477 e. The molecule has 3 fully saturated rings. The van der Waals surface area contributed by atoms with Crippen molar-refractivity contribution in [2.45, 2.75) is 82.4 Å². The number of benzene rings is 3. The van der Waals surface area contributed by atoms with Gasteiger partial charge in [0, 0.05) is 85.1 Å². The molecule has 6 atom stereocenters. The molecule has 4 aliphatic heterocycles. The second-order valence-electron chi connectivity index (χ2n) is 18.0. The van der Waals surface area contributed by atoms with E-state index in [1.165, 1.54) is 94.4 Å². The highest BCUT2D eigenvalue weighted by atomic mass is 32.2. The molecule has 5 N–H and O–H groups in total. The first-order chi connectivity index (χ1) is 36.2. The third kappa shape index (κ3) is 13.1. The number of nitro groups is 3. The van der Waals surface area contributed by atoms with Gasteiger partial charge < -0.3 is 44.9 Å². The molecule has 7 rings (SSSR count). The number of likely N-dealkylation sites (tertiary alicyclic amines) is 2. The van der Waals surface area contributed by atoms with Crippen LogP contribution in [0.3, 0.4) is 0 Å². The van der Waals surface area contributed by atoms with E-state index >= 15 is 0 Å². The number of rotatable bonds is 19. The number of β-lactam (4-membered cyclic amide) rings is 1. The smallest absolute Gasteiger partial charge is 0.437 e. The molecule has 0 aromatic heterocycles. The molecule has 3 aromatic carbocycles. The molecule has 0 spiro atoms. The summed E-state index contributed by atoms with van der Waals surface area (Å²) < 4.78 is 15.9. The van der Waals surface area contributed by atoms with Crippen molar-refractivity contribution in [3.8, 4) is 0 Å². The summed E-state index contributed by atoms with van der Waals surface area (Å²) in [4.78, 5) is 131. The molecule has 76 heavy (non-hydrogen) atoms. The third-order valence-electron chi connectivity index (χ3n) is 12.8. The third-order valence-corrected chi connectivity index (χ3v) is 14.3. The predicted molar refractivity (Wildman–Crippen MR) is 262 cm³/mol. The van der Waals surface area contributed by atoms with Crippen molar-refractivity contribution in [3.63, 3.8) is 0 Å². The molecule has 0 saturated carbocycles. The number of nitrogens with one attached hydrogen (secondary N) is 3. The fourth-order valence-corrected chi connectivity index (χ4v) is 10.4. The van der Waals surface area contributed by atoms with Crippen molar-refractivity contribution in [1.82, 2.24) is 30.7 Å². The Morgan fingerprint density at radius 2 is 1.33 bits per heavy atom. The van der Waals surface area contributed by atoms with Gasteiger partial charge in [0.05, 0.1) is 38.9 Å². The Bertz CT molecular complexity index is 2840. The maximum absolute atomic E-state index is 14.1. The molecular formula is C47H50N10O18S. The van der Waals surface area contributed by atoms with Gasteiger partial charge in [0.15, 0.2) is 0 Å². The molecule has 0 unspecified atom stereocenters. The van der Waals surface area contributed by atoms with Gasteiger partial charge in [-0.25, -0.2) is 19.2 Å². The van der Waals surface area contributed by atoms with E-state index in [0.717, 1.165) is 11.8 Å². The number of carboxylic acids is 1. The minimum absolute atomic E-state index is 0.0312. The lowest BCUT2D eigenvalue weighted by Gasteiger charge is -2.46. The van der Waals surface area contributed by atoms with Crippen molar-refractivity contribution in [2.24, 2.45) is 16.8 Å². The number of guanidine groups is 1. The fourth-order valence-electron chi connectivity index (χ4n) is 8.92. The Balaban J connectivity index is 0.930. The molecule has 0 radical (unpaired) electrons. The number of hydrogen-bond acceptors (Lipinski definition) is 18. The zero-order chi connectivity index (χ0) is 55.0. The van der Waals surface area contributed by atoms with Gasteiger partial charge >= 0.3 is 24.2 Å². The van der Waals surface area contributed by atoms with E-state index in [1.54, 1.807) is 6.92 Å². The first-order valence-electron chi connectivity index (χ1n) is 23.5. The van der Waals surface area contributed by atoms with Crippen molar-refractivity contribution < 1.29 is 72.8 Å². The van der Waals surface area contributed by atoms with Crippen LogP contribution in [0.25, 0.3) is 0 Å². The number of nitrogens with zero attached hydrogens (tertiary/aromatic N) is 7. The molecule has 29 heteroatoms. The highest BCUT2D eigenvalue weighted by Gasteiger charge is 2.60. The Labute approximate surface area is 434 Å². The lowest BCUT2D eigenvalue weighted by molar-refractivity contribution is -0.385. The van der Waals surface area contributed by atoms with Crippen LogP contribution in [-0.4, -0.2) is 143 Å². The summed E-state index contributed by atoms with van der Waals surface area (Å²) in [5.41, 5.74) is 0.497. The summed E-state index contributed by atoms with van der Waals surface area (Å²) in [6.45, 7) is 2.33. The van der Waals surface area contributed by atoms with Crippen LogP contribution < -0.4 is 16.0 Å². The number of non-ortho nitro benzene ring substituents is 3. The number of carbonyl (C=O) groups excluding carboxylic acids is 6. The molecule has 402 valence electrons. The van der Waals surface area contributed by atoms with E-state index < -0.39 is 104 Å². The Morgan fingerprint density at radius 1 is 0.803 bits per heavy atom. The van der Waals surface area contributed by atoms with Crippen LogP contribution in [0.2, 0.25) is 0 Å². The standard InChI is InChI=1S/C47H50N10O18S/c1-25-38-37(26(2)58)42(61)54(38)39(43(62)63)40(25)76-34-18-35(53(21-34)47(66)75-24-29-9-15-33(16-10-29)57(71)72)41(60)52-19-30(20-52)49-36(59)4-3-17-48-44(50-45(64)73-22-27-5-11-31(12-6-27)55(67)68)51-46(65)74-23-28-7-13-32(14-8-28)56(69)70/h5-16,25-26,30,34-35,37-38,58H,3-4,17-24H2,1-2H3,(H,49,59)(H,62,63)(H2,48,50,51,64,65)/t25-,26-,34+,35+,37-,38-/m1/s1. The van der Waals surface area contributed by atoms with Crippen LogP contribution in [-0.2, 0) is 53.2 Å².